The number of pyridine rings is 1. The number of aryl methyl sites for hydroxylation is 2. The van der Waals surface area contributed by atoms with Gasteiger partial charge in [-0.15, -0.1) is 22.7 Å². The molecule has 0 bridgehead atoms. The number of hydrogen-bond donors (Lipinski definition) is 2. The largest absolute Gasteiger partial charge is 0.397 e. The first-order valence-corrected chi connectivity index (χ1v) is 8.09. The van der Waals surface area contributed by atoms with Crippen LogP contribution in [0.25, 0.3) is 10.2 Å². The summed E-state index contributed by atoms with van der Waals surface area (Å²) in [6.07, 6.45) is 0. The second kappa shape index (κ2) is 5.42. The number of nitrogens with zero attached hydrogens (tertiary/aromatic N) is 2. The van der Waals surface area contributed by atoms with Gasteiger partial charge >= 0.3 is 0 Å². The summed E-state index contributed by atoms with van der Waals surface area (Å²) in [6.45, 7) is 4.26. The molecule has 0 aliphatic heterocycles. The lowest BCUT2D eigenvalue weighted by Crippen LogP contribution is -2.22. The monoisotopic (exact) mass is 318 g/mol. The van der Waals surface area contributed by atoms with Crippen molar-refractivity contribution in [1.82, 2.24) is 15.3 Å². The van der Waals surface area contributed by atoms with Gasteiger partial charge in [0, 0.05) is 16.5 Å². The first kappa shape index (κ1) is 14.0. The van der Waals surface area contributed by atoms with Crippen molar-refractivity contribution in [2.45, 2.75) is 20.4 Å². The van der Waals surface area contributed by atoms with Crippen molar-refractivity contribution in [3.63, 3.8) is 0 Å². The van der Waals surface area contributed by atoms with Gasteiger partial charge < -0.3 is 11.1 Å². The number of carbonyl (C=O) groups excluding carboxylic acids is 1. The van der Waals surface area contributed by atoms with E-state index in [1.807, 2.05) is 31.4 Å². The van der Waals surface area contributed by atoms with Crippen LogP contribution in [0.3, 0.4) is 0 Å². The van der Waals surface area contributed by atoms with Crippen LogP contribution < -0.4 is 11.1 Å². The van der Waals surface area contributed by atoms with Gasteiger partial charge in [-0.25, -0.2) is 9.97 Å². The van der Waals surface area contributed by atoms with E-state index in [0.29, 0.717) is 17.1 Å². The van der Waals surface area contributed by atoms with Gasteiger partial charge in [-0.2, -0.15) is 0 Å². The molecule has 0 radical (unpaired) electrons. The van der Waals surface area contributed by atoms with Gasteiger partial charge in [0.25, 0.3) is 5.91 Å². The van der Waals surface area contributed by atoms with E-state index in [0.717, 1.165) is 26.6 Å². The minimum absolute atomic E-state index is 0.182. The Kier molecular flexibility index (Phi) is 3.60. The molecule has 3 heterocycles. The Balaban J connectivity index is 1.82. The smallest absolute Gasteiger partial charge is 0.263 e. The summed E-state index contributed by atoms with van der Waals surface area (Å²) in [4.78, 5) is 22.3. The first-order chi connectivity index (χ1) is 10.0. The van der Waals surface area contributed by atoms with Crippen LogP contribution in [0.5, 0.6) is 0 Å². The fraction of sp³-hybridized carbons (Fsp3) is 0.214. The third kappa shape index (κ3) is 2.74. The molecule has 3 aromatic heterocycles. The van der Waals surface area contributed by atoms with Gasteiger partial charge in [0.1, 0.15) is 9.71 Å². The fourth-order valence-electron chi connectivity index (χ4n) is 2.00. The normalized spacial score (nSPS) is 11.0. The number of anilines is 1. The Morgan fingerprint density at radius 3 is 2.86 bits per heavy atom. The maximum atomic E-state index is 12.3. The zero-order valence-electron chi connectivity index (χ0n) is 11.6. The van der Waals surface area contributed by atoms with Gasteiger partial charge in [-0.05, 0) is 26.0 Å². The molecule has 0 fully saturated rings. The molecule has 0 atom stereocenters. The third-order valence-corrected chi connectivity index (χ3v) is 4.97. The number of aromatic nitrogens is 2. The van der Waals surface area contributed by atoms with E-state index in [-0.39, 0.29) is 5.91 Å². The van der Waals surface area contributed by atoms with Gasteiger partial charge in [0.2, 0.25) is 0 Å². The maximum Gasteiger partial charge on any atom is 0.263 e. The molecule has 0 saturated carbocycles. The average Bonchev–Trinajstić information content (AvgIpc) is 3.00. The van der Waals surface area contributed by atoms with Gasteiger partial charge in [-0.3, -0.25) is 4.79 Å². The van der Waals surface area contributed by atoms with Crippen molar-refractivity contribution >= 4 is 44.5 Å². The van der Waals surface area contributed by atoms with E-state index in [1.165, 1.54) is 11.3 Å². The fourth-order valence-corrected chi connectivity index (χ4v) is 3.67. The molecule has 0 unspecified atom stereocenters. The first-order valence-electron chi connectivity index (χ1n) is 6.39. The molecule has 3 aromatic rings. The Hall–Kier alpha value is -1.99. The van der Waals surface area contributed by atoms with Crippen LogP contribution in [0.4, 0.5) is 5.69 Å². The van der Waals surface area contributed by atoms with Crippen LogP contribution in [0.2, 0.25) is 0 Å². The Morgan fingerprint density at radius 2 is 2.14 bits per heavy atom. The Morgan fingerprint density at radius 1 is 1.33 bits per heavy atom. The van der Waals surface area contributed by atoms with Crippen molar-refractivity contribution in [3.8, 4) is 0 Å². The standard InChI is InChI=1S/C14H14N4OS2/c1-7-3-4-10-11(15)12(21-14(10)17-7)13(19)16-5-9-6-20-8(2)18-9/h3-4,6H,5,15H2,1-2H3,(H,16,19). The van der Waals surface area contributed by atoms with Gasteiger partial charge in [0.15, 0.2) is 0 Å². The zero-order chi connectivity index (χ0) is 15.0. The number of nitrogens with one attached hydrogen (secondary N) is 1. The van der Waals surface area contributed by atoms with Crippen LogP contribution in [-0.4, -0.2) is 15.9 Å². The lowest BCUT2D eigenvalue weighted by atomic mass is 10.2. The summed E-state index contributed by atoms with van der Waals surface area (Å²) in [6, 6.07) is 3.80. The van der Waals surface area contributed by atoms with E-state index in [1.54, 1.807) is 11.3 Å². The molecule has 0 aliphatic carbocycles. The SMILES string of the molecule is Cc1ccc2c(N)c(C(=O)NCc3csc(C)n3)sc2n1. The average molecular weight is 318 g/mol. The molecular weight excluding hydrogens is 304 g/mol. The highest BCUT2D eigenvalue weighted by Crippen LogP contribution is 2.32. The summed E-state index contributed by atoms with van der Waals surface area (Å²) in [7, 11) is 0. The summed E-state index contributed by atoms with van der Waals surface area (Å²) in [5, 5.41) is 6.61. The molecule has 0 aromatic carbocycles. The molecule has 3 rings (SSSR count). The van der Waals surface area contributed by atoms with Crippen molar-refractivity contribution in [1.29, 1.82) is 0 Å². The van der Waals surface area contributed by atoms with E-state index in [2.05, 4.69) is 15.3 Å². The number of hydrogen-bond acceptors (Lipinski definition) is 6. The number of rotatable bonds is 3. The molecule has 1 amide bonds. The number of fused-ring (bicyclic) bond motifs is 1. The van der Waals surface area contributed by atoms with E-state index in [9.17, 15) is 4.79 Å². The number of nitrogens with two attached hydrogens (primary N) is 1. The summed E-state index contributed by atoms with van der Waals surface area (Å²) < 4.78 is 0. The lowest BCUT2D eigenvalue weighted by Gasteiger charge is -2.01. The molecule has 21 heavy (non-hydrogen) atoms. The summed E-state index contributed by atoms with van der Waals surface area (Å²) in [5.41, 5.74) is 8.33. The molecule has 0 spiro atoms. The van der Waals surface area contributed by atoms with Crippen molar-refractivity contribution in [2.75, 3.05) is 5.73 Å². The zero-order valence-corrected chi connectivity index (χ0v) is 13.3. The third-order valence-electron chi connectivity index (χ3n) is 3.04. The highest BCUT2D eigenvalue weighted by Gasteiger charge is 2.17. The van der Waals surface area contributed by atoms with Crippen LogP contribution in [0.1, 0.15) is 26.1 Å². The molecule has 5 nitrogen and oxygen atoms in total. The minimum Gasteiger partial charge on any atom is -0.397 e. The van der Waals surface area contributed by atoms with Crippen molar-refractivity contribution < 1.29 is 4.79 Å². The molecule has 0 aliphatic rings. The van der Waals surface area contributed by atoms with E-state index < -0.39 is 0 Å². The number of amides is 1. The van der Waals surface area contributed by atoms with Crippen LogP contribution in [0.15, 0.2) is 17.5 Å². The molecule has 7 heteroatoms. The van der Waals surface area contributed by atoms with Gasteiger partial charge in [0.05, 0.1) is 22.9 Å². The summed E-state index contributed by atoms with van der Waals surface area (Å²) in [5.74, 6) is -0.182. The predicted octanol–water partition coefficient (Wildman–Crippen LogP) is 2.88. The molecule has 108 valence electrons. The quantitative estimate of drug-likeness (QED) is 0.778. The van der Waals surface area contributed by atoms with E-state index >= 15 is 0 Å². The predicted molar refractivity (Wildman–Crippen MR) is 86.8 cm³/mol. The van der Waals surface area contributed by atoms with Crippen LogP contribution in [0, 0.1) is 13.8 Å². The molecule has 3 N–H and O–H groups in total. The number of thiazole rings is 1. The van der Waals surface area contributed by atoms with E-state index in [4.69, 9.17) is 5.73 Å². The Labute approximate surface area is 129 Å². The number of thiophene rings is 1. The maximum absolute atomic E-state index is 12.3. The topological polar surface area (TPSA) is 80.9 Å². The summed E-state index contributed by atoms with van der Waals surface area (Å²) >= 11 is 2.89. The Bertz CT molecular complexity index is 822. The lowest BCUT2D eigenvalue weighted by molar-refractivity contribution is 0.0955. The van der Waals surface area contributed by atoms with Crippen LogP contribution >= 0.6 is 22.7 Å². The number of carbonyl (C=O) groups is 1. The van der Waals surface area contributed by atoms with Crippen LogP contribution in [-0.2, 0) is 6.54 Å². The van der Waals surface area contributed by atoms with Crippen molar-refractivity contribution in [2.24, 2.45) is 0 Å². The second-order valence-electron chi connectivity index (χ2n) is 4.69. The molecular formula is C14H14N4OS2. The highest BCUT2D eigenvalue weighted by molar-refractivity contribution is 7.21. The molecule has 0 saturated heterocycles. The van der Waals surface area contributed by atoms with Crippen molar-refractivity contribution in [3.05, 3.63) is 38.8 Å². The number of nitrogen functional groups attached to an aromatic ring is 1. The highest BCUT2D eigenvalue weighted by atomic mass is 32.1. The minimum atomic E-state index is -0.182. The van der Waals surface area contributed by atoms with Gasteiger partial charge in [-0.1, -0.05) is 0 Å². The second-order valence-corrected chi connectivity index (χ2v) is 6.75.